The molecule has 0 aliphatic rings. The van der Waals surface area contributed by atoms with Crippen LogP contribution in [-0.2, 0) is 4.79 Å². The minimum atomic E-state index is -0.614. The summed E-state index contributed by atoms with van der Waals surface area (Å²) in [5, 5.41) is 2.80. The van der Waals surface area contributed by atoms with Crippen molar-refractivity contribution in [2.45, 2.75) is 6.17 Å². The topological polar surface area (TPSA) is 55.1 Å². The Hall–Kier alpha value is -1.35. The molecule has 1 unspecified atom stereocenters. The third-order valence-corrected chi connectivity index (χ3v) is 1.25. The van der Waals surface area contributed by atoms with E-state index in [1.807, 2.05) is 30.3 Å². The lowest BCUT2D eigenvalue weighted by molar-refractivity contribution is -0.108. The molecule has 0 aliphatic heterocycles. The quantitative estimate of drug-likeness (QED) is 0.489. The van der Waals surface area contributed by atoms with Gasteiger partial charge in [0.1, 0.15) is 6.17 Å². The molecule has 0 radical (unpaired) electrons. The molecule has 0 heterocycles. The molecule has 3 N–H and O–H groups in total. The molecule has 0 fully saturated rings. The number of aldehydes is 1. The van der Waals surface area contributed by atoms with E-state index in [2.05, 4.69) is 5.32 Å². The highest BCUT2D eigenvalue weighted by Crippen LogP contribution is 2.04. The van der Waals surface area contributed by atoms with Gasteiger partial charge in [-0.15, -0.1) is 0 Å². The zero-order valence-corrected chi connectivity index (χ0v) is 6.03. The van der Waals surface area contributed by atoms with Crippen LogP contribution >= 0.6 is 0 Å². The van der Waals surface area contributed by atoms with Crippen LogP contribution in [0.5, 0.6) is 0 Å². The van der Waals surface area contributed by atoms with Gasteiger partial charge < -0.3 is 11.1 Å². The summed E-state index contributed by atoms with van der Waals surface area (Å²) in [6, 6.07) is 9.35. The number of hydrogen-bond donors (Lipinski definition) is 2. The zero-order chi connectivity index (χ0) is 8.10. The molecule has 1 aromatic carbocycles. The van der Waals surface area contributed by atoms with Gasteiger partial charge in [-0.05, 0) is 12.1 Å². The normalized spacial score (nSPS) is 12.1. The lowest BCUT2D eigenvalue weighted by Crippen LogP contribution is -2.30. The number of benzene rings is 1. The van der Waals surface area contributed by atoms with Crippen molar-refractivity contribution in [2.75, 3.05) is 5.32 Å². The first-order valence-electron chi connectivity index (χ1n) is 3.35. The summed E-state index contributed by atoms with van der Waals surface area (Å²) in [7, 11) is 0. The van der Waals surface area contributed by atoms with Gasteiger partial charge in [0.15, 0.2) is 6.29 Å². The van der Waals surface area contributed by atoms with E-state index in [9.17, 15) is 4.79 Å². The summed E-state index contributed by atoms with van der Waals surface area (Å²) in [6.45, 7) is 0. The van der Waals surface area contributed by atoms with Crippen LogP contribution in [-0.4, -0.2) is 12.5 Å². The number of carbonyl (C=O) groups is 1. The number of hydrogen-bond acceptors (Lipinski definition) is 3. The minimum Gasteiger partial charge on any atom is -0.364 e. The fourth-order valence-electron chi connectivity index (χ4n) is 0.761. The maximum Gasteiger partial charge on any atom is 0.156 e. The van der Waals surface area contributed by atoms with Gasteiger partial charge in [-0.1, -0.05) is 18.2 Å². The highest BCUT2D eigenvalue weighted by molar-refractivity contribution is 5.63. The number of nitrogens with two attached hydrogens (primary N) is 1. The lowest BCUT2D eigenvalue weighted by Gasteiger charge is -2.07. The van der Waals surface area contributed by atoms with Crippen molar-refractivity contribution >= 4 is 12.0 Å². The standard InChI is InChI=1S/C8H10N2O/c9-8(6-11)10-7-4-2-1-3-5-7/h1-6,8,10H,9H2. The zero-order valence-electron chi connectivity index (χ0n) is 6.03. The van der Waals surface area contributed by atoms with Crippen LogP contribution in [0.2, 0.25) is 0 Å². The van der Waals surface area contributed by atoms with Gasteiger partial charge in [0.2, 0.25) is 0 Å². The average Bonchev–Trinajstić information content (AvgIpc) is 2.06. The first-order valence-corrected chi connectivity index (χ1v) is 3.35. The number of para-hydroxylation sites is 1. The molecule has 1 rings (SSSR count). The van der Waals surface area contributed by atoms with E-state index in [4.69, 9.17) is 5.73 Å². The Morgan fingerprint density at radius 3 is 2.55 bits per heavy atom. The Morgan fingerprint density at radius 2 is 2.00 bits per heavy atom. The molecule has 1 atom stereocenters. The van der Waals surface area contributed by atoms with Crippen LogP contribution in [0, 0.1) is 0 Å². The molecule has 1 aromatic rings. The summed E-state index contributed by atoms with van der Waals surface area (Å²) in [6.07, 6.45) is 0.0462. The molecule has 0 spiro atoms. The Kier molecular flexibility index (Phi) is 2.63. The van der Waals surface area contributed by atoms with E-state index in [1.165, 1.54) is 0 Å². The van der Waals surface area contributed by atoms with Crippen LogP contribution in [0.3, 0.4) is 0 Å². The van der Waals surface area contributed by atoms with Crippen LogP contribution in [0.25, 0.3) is 0 Å². The van der Waals surface area contributed by atoms with Crippen molar-refractivity contribution in [2.24, 2.45) is 5.73 Å². The summed E-state index contributed by atoms with van der Waals surface area (Å²) < 4.78 is 0. The van der Waals surface area contributed by atoms with Gasteiger partial charge in [-0.2, -0.15) is 0 Å². The Labute approximate surface area is 65.2 Å². The molecule has 3 nitrogen and oxygen atoms in total. The number of carbonyl (C=O) groups excluding carboxylic acids is 1. The summed E-state index contributed by atoms with van der Waals surface area (Å²) in [5.41, 5.74) is 6.18. The molecule has 3 heteroatoms. The Bertz CT molecular complexity index is 223. The number of nitrogens with one attached hydrogen (secondary N) is 1. The Balaban J connectivity index is 2.57. The smallest absolute Gasteiger partial charge is 0.156 e. The summed E-state index contributed by atoms with van der Waals surface area (Å²) >= 11 is 0. The van der Waals surface area contributed by atoms with E-state index in [0.717, 1.165) is 5.69 Å². The van der Waals surface area contributed by atoms with Crippen molar-refractivity contribution in [3.8, 4) is 0 Å². The third kappa shape index (κ3) is 2.39. The highest BCUT2D eigenvalue weighted by atomic mass is 16.1. The van der Waals surface area contributed by atoms with E-state index < -0.39 is 6.17 Å². The molecule has 0 aromatic heterocycles. The van der Waals surface area contributed by atoms with Crippen LogP contribution < -0.4 is 11.1 Å². The first-order chi connectivity index (χ1) is 5.33. The van der Waals surface area contributed by atoms with Crippen molar-refractivity contribution in [3.63, 3.8) is 0 Å². The third-order valence-electron chi connectivity index (χ3n) is 1.25. The van der Waals surface area contributed by atoms with E-state index >= 15 is 0 Å². The molecule has 0 saturated carbocycles. The second-order valence-corrected chi connectivity index (χ2v) is 2.17. The maximum absolute atomic E-state index is 10.1. The van der Waals surface area contributed by atoms with Gasteiger partial charge in [0, 0.05) is 5.69 Å². The van der Waals surface area contributed by atoms with Crippen molar-refractivity contribution in [3.05, 3.63) is 30.3 Å². The molecule has 0 amide bonds. The fraction of sp³-hybridized carbons (Fsp3) is 0.125. The highest BCUT2D eigenvalue weighted by Gasteiger charge is 1.96. The molecule has 0 saturated heterocycles. The molecular formula is C8H10N2O. The number of rotatable bonds is 3. The first kappa shape index (κ1) is 7.75. The second kappa shape index (κ2) is 3.73. The SMILES string of the molecule is NC(C=O)Nc1ccccc1. The molecule has 0 aliphatic carbocycles. The maximum atomic E-state index is 10.1. The van der Waals surface area contributed by atoms with Gasteiger partial charge in [-0.25, -0.2) is 0 Å². The van der Waals surface area contributed by atoms with Gasteiger partial charge in [0.25, 0.3) is 0 Å². The monoisotopic (exact) mass is 150 g/mol. The largest absolute Gasteiger partial charge is 0.364 e. The van der Waals surface area contributed by atoms with Crippen LogP contribution in [0.1, 0.15) is 0 Å². The molecule has 0 bridgehead atoms. The molecule has 11 heavy (non-hydrogen) atoms. The van der Waals surface area contributed by atoms with Crippen molar-refractivity contribution in [1.29, 1.82) is 0 Å². The van der Waals surface area contributed by atoms with Gasteiger partial charge >= 0.3 is 0 Å². The molecule has 58 valence electrons. The van der Waals surface area contributed by atoms with E-state index in [0.29, 0.717) is 6.29 Å². The van der Waals surface area contributed by atoms with Crippen LogP contribution in [0.15, 0.2) is 30.3 Å². The molecular weight excluding hydrogens is 140 g/mol. The van der Waals surface area contributed by atoms with E-state index in [-0.39, 0.29) is 0 Å². The number of anilines is 1. The van der Waals surface area contributed by atoms with Crippen LogP contribution in [0.4, 0.5) is 5.69 Å². The van der Waals surface area contributed by atoms with Crippen molar-refractivity contribution in [1.82, 2.24) is 0 Å². The Morgan fingerprint density at radius 1 is 1.36 bits per heavy atom. The summed E-state index contributed by atoms with van der Waals surface area (Å²) in [4.78, 5) is 10.1. The minimum absolute atomic E-state index is 0.614. The van der Waals surface area contributed by atoms with E-state index in [1.54, 1.807) is 0 Å². The van der Waals surface area contributed by atoms with Gasteiger partial charge in [-0.3, -0.25) is 4.79 Å². The average molecular weight is 150 g/mol. The lowest BCUT2D eigenvalue weighted by atomic mass is 10.3. The fourth-order valence-corrected chi connectivity index (χ4v) is 0.761. The summed E-state index contributed by atoms with van der Waals surface area (Å²) in [5.74, 6) is 0. The van der Waals surface area contributed by atoms with Gasteiger partial charge in [0.05, 0.1) is 0 Å². The van der Waals surface area contributed by atoms with Crippen molar-refractivity contribution < 1.29 is 4.79 Å². The second-order valence-electron chi connectivity index (χ2n) is 2.17. The predicted molar refractivity (Wildman–Crippen MR) is 44.1 cm³/mol. The predicted octanol–water partition coefficient (Wildman–Crippen LogP) is 0.582.